The fraction of sp³-hybridized carbons (Fsp3) is 0.667. The van der Waals surface area contributed by atoms with Crippen LogP contribution >= 0.6 is 11.6 Å². The van der Waals surface area contributed by atoms with Gasteiger partial charge in [-0.1, -0.05) is 50.6 Å². The summed E-state index contributed by atoms with van der Waals surface area (Å²) in [4.78, 5) is 46.9. The molecule has 1 rings (SSSR count). The zero-order valence-electron chi connectivity index (χ0n) is 19.6. The van der Waals surface area contributed by atoms with Gasteiger partial charge in [0.15, 0.2) is 6.10 Å². The molecule has 0 fully saturated rings. The van der Waals surface area contributed by atoms with E-state index in [0.717, 1.165) is 39.0 Å². The third kappa shape index (κ3) is 10.1. The van der Waals surface area contributed by atoms with E-state index < -0.39 is 41.5 Å². The Hall–Kier alpha value is -2.19. The Bertz CT molecular complexity index is 772. The molecule has 9 heteroatoms. The number of ketones is 1. The maximum atomic E-state index is 12.7. The summed E-state index contributed by atoms with van der Waals surface area (Å²) in [5.74, 6) is -2.94. The lowest BCUT2D eigenvalue weighted by Crippen LogP contribution is -2.36. The summed E-state index contributed by atoms with van der Waals surface area (Å²) in [6.07, 6.45) is 6.62. The number of carboxylic acid groups (broad SMARTS) is 1. The molecule has 0 unspecified atom stereocenters. The van der Waals surface area contributed by atoms with Gasteiger partial charge < -0.3 is 19.7 Å². The van der Waals surface area contributed by atoms with Crippen molar-refractivity contribution in [1.82, 2.24) is 0 Å². The number of unbranched alkanes of at least 4 members (excludes halogenated alkanes) is 5. The van der Waals surface area contributed by atoms with Crippen LogP contribution in [0, 0.1) is 0 Å². The van der Waals surface area contributed by atoms with Crippen LogP contribution in [0.5, 0.6) is 0 Å². The van der Waals surface area contributed by atoms with E-state index in [1.165, 1.54) is 19.1 Å². The van der Waals surface area contributed by atoms with E-state index in [9.17, 15) is 24.3 Å². The maximum absolute atomic E-state index is 12.7. The SMILES string of the molecule is CCCCCCCC[C@]1(O)C=C(Cl)C(=O)C1=C[C@@H](OC(C)=O)[C@H](CCCC(=O)O)OC(C)=O. The second-order valence-electron chi connectivity index (χ2n) is 8.35. The molecule has 0 saturated carbocycles. The summed E-state index contributed by atoms with van der Waals surface area (Å²) in [5.41, 5.74) is -1.67. The Balaban J connectivity index is 3.13. The Morgan fingerprint density at radius 3 is 2.24 bits per heavy atom. The van der Waals surface area contributed by atoms with E-state index in [2.05, 4.69) is 6.92 Å². The van der Waals surface area contributed by atoms with Gasteiger partial charge in [0, 0.05) is 25.8 Å². The van der Waals surface area contributed by atoms with Crippen molar-refractivity contribution in [2.45, 2.75) is 103 Å². The molecule has 186 valence electrons. The lowest BCUT2D eigenvalue weighted by atomic mass is 9.88. The van der Waals surface area contributed by atoms with E-state index in [1.54, 1.807) is 0 Å². The predicted molar refractivity (Wildman–Crippen MR) is 123 cm³/mol. The molecule has 1 aliphatic rings. The zero-order chi connectivity index (χ0) is 25.0. The number of hydrogen-bond acceptors (Lipinski definition) is 7. The lowest BCUT2D eigenvalue weighted by Gasteiger charge is -2.27. The molecule has 0 spiro atoms. The highest BCUT2D eigenvalue weighted by molar-refractivity contribution is 6.46. The van der Waals surface area contributed by atoms with Gasteiger partial charge in [-0.25, -0.2) is 0 Å². The second kappa shape index (κ2) is 14.2. The van der Waals surface area contributed by atoms with Crippen LogP contribution in [-0.4, -0.2) is 51.7 Å². The fourth-order valence-corrected chi connectivity index (χ4v) is 4.09. The highest BCUT2D eigenvalue weighted by Crippen LogP contribution is 2.37. The summed E-state index contributed by atoms with van der Waals surface area (Å²) in [7, 11) is 0. The molecule has 0 saturated heterocycles. The number of hydrogen-bond donors (Lipinski definition) is 2. The molecule has 0 aromatic heterocycles. The van der Waals surface area contributed by atoms with Gasteiger partial charge in [0.2, 0.25) is 5.78 Å². The van der Waals surface area contributed by atoms with Crippen LogP contribution in [0.2, 0.25) is 0 Å². The molecular formula is C24H35ClO8. The summed E-state index contributed by atoms with van der Waals surface area (Å²) in [5, 5.41) is 20.0. The predicted octanol–water partition coefficient (Wildman–Crippen LogP) is 4.22. The first-order valence-electron chi connectivity index (χ1n) is 11.4. The normalized spacial score (nSPS) is 20.9. The molecule has 2 N–H and O–H groups in total. The van der Waals surface area contributed by atoms with Gasteiger partial charge in [-0.3, -0.25) is 19.2 Å². The molecule has 3 atom stereocenters. The van der Waals surface area contributed by atoms with Crippen molar-refractivity contribution in [3.05, 3.63) is 22.8 Å². The molecule has 1 aliphatic carbocycles. The number of aliphatic carboxylic acids is 1. The van der Waals surface area contributed by atoms with E-state index in [0.29, 0.717) is 6.42 Å². The fourth-order valence-electron chi connectivity index (χ4n) is 3.81. The van der Waals surface area contributed by atoms with Crippen molar-refractivity contribution in [1.29, 1.82) is 0 Å². The Labute approximate surface area is 200 Å². The van der Waals surface area contributed by atoms with Crippen molar-refractivity contribution < 1.29 is 38.9 Å². The van der Waals surface area contributed by atoms with Gasteiger partial charge in [0.1, 0.15) is 11.7 Å². The monoisotopic (exact) mass is 486 g/mol. The standard InChI is InChI=1S/C24H35ClO8/c1-4-5-6-7-8-9-13-24(31)15-19(25)23(30)18(24)14-21(33-17(3)27)20(32-16(2)26)11-10-12-22(28)29/h14-15,20-21,31H,4-13H2,1-3H3,(H,28,29)/t20-,21+,24-/m0/s1. The van der Waals surface area contributed by atoms with Crippen molar-refractivity contribution in [2.75, 3.05) is 0 Å². The van der Waals surface area contributed by atoms with Gasteiger partial charge in [0.25, 0.3) is 0 Å². The van der Waals surface area contributed by atoms with Crippen LogP contribution in [0.25, 0.3) is 0 Å². The zero-order valence-corrected chi connectivity index (χ0v) is 20.4. The minimum absolute atomic E-state index is 0.0392. The molecule has 0 aromatic carbocycles. The summed E-state index contributed by atoms with van der Waals surface area (Å²) < 4.78 is 10.6. The van der Waals surface area contributed by atoms with Gasteiger partial charge >= 0.3 is 17.9 Å². The lowest BCUT2D eigenvalue weighted by molar-refractivity contribution is -0.162. The number of rotatable bonds is 15. The maximum Gasteiger partial charge on any atom is 0.303 e. The summed E-state index contributed by atoms with van der Waals surface area (Å²) >= 11 is 6.05. The van der Waals surface area contributed by atoms with Crippen molar-refractivity contribution in [2.24, 2.45) is 0 Å². The van der Waals surface area contributed by atoms with E-state index in [1.807, 2.05) is 0 Å². The number of carboxylic acids is 1. The van der Waals surface area contributed by atoms with Gasteiger partial charge in [-0.05, 0) is 37.8 Å². The molecule has 0 radical (unpaired) electrons. The Morgan fingerprint density at radius 2 is 1.67 bits per heavy atom. The summed E-state index contributed by atoms with van der Waals surface area (Å²) in [6.45, 7) is 4.47. The number of esters is 2. The minimum atomic E-state index is -1.63. The van der Waals surface area contributed by atoms with Gasteiger partial charge in [-0.2, -0.15) is 0 Å². The summed E-state index contributed by atoms with van der Waals surface area (Å²) in [6, 6.07) is 0. The molecule has 0 aromatic rings. The average molecular weight is 487 g/mol. The third-order valence-corrected chi connectivity index (χ3v) is 5.68. The van der Waals surface area contributed by atoms with E-state index in [4.69, 9.17) is 26.2 Å². The van der Waals surface area contributed by atoms with E-state index in [-0.39, 0.29) is 36.3 Å². The number of Topliss-reactive ketones (excluding diaryl/α,β-unsaturated/α-hetero) is 1. The molecule has 0 bridgehead atoms. The first-order chi connectivity index (χ1) is 15.5. The average Bonchev–Trinajstić information content (AvgIpc) is 2.91. The topological polar surface area (TPSA) is 127 Å². The molecule has 8 nitrogen and oxygen atoms in total. The minimum Gasteiger partial charge on any atom is -0.481 e. The van der Waals surface area contributed by atoms with Crippen molar-refractivity contribution in [3.8, 4) is 0 Å². The van der Waals surface area contributed by atoms with Crippen LogP contribution in [-0.2, 0) is 28.7 Å². The second-order valence-corrected chi connectivity index (χ2v) is 8.76. The Kier molecular flexibility index (Phi) is 12.4. The first-order valence-corrected chi connectivity index (χ1v) is 11.8. The number of carbonyl (C=O) groups is 4. The molecule has 0 heterocycles. The van der Waals surface area contributed by atoms with Crippen LogP contribution in [0.4, 0.5) is 0 Å². The number of halogens is 1. The number of aliphatic hydroxyl groups is 1. The third-order valence-electron chi connectivity index (χ3n) is 5.40. The number of ether oxygens (including phenoxy) is 2. The first kappa shape index (κ1) is 28.8. The van der Waals surface area contributed by atoms with Gasteiger partial charge in [0.05, 0.1) is 5.03 Å². The highest BCUT2D eigenvalue weighted by Gasteiger charge is 2.42. The Morgan fingerprint density at radius 1 is 1.06 bits per heavy atom. The largest absolute Gasteiger partial charge is 0.481 e. The highest BCUT2D eigenvalue weighted by atomic mass is 35.5. The van der Waals surface area contributed by atoms with Crippen LogP contribution < -0.4 is 0 Å². The molecule has 33 heavy (non-hydrogen) atoms. The molecular weight excluding hydrogens is 452 g/mol. The molecule has 0 aliphatic heterocycles. The van der Waals surface area contributed by atoms with E-state index >= 15 is 0 Å². The van der Waals surface area contributed by atoms with Crippen molar-refractivity contribution >= 4 is 35.3 Å². The quantitative estimate of drug-likeness (QED) is 0.200. The number of allylic oxidation sites excluding steroid dienone is 1. The molecule has 0 amide bonds. The smallest absolute Gasteiger partial charge is 0.303 e. The number of carbonyl (C=O) groups excluding carboxylic acids is 3. The van der Waals surface area contributed by atoms with Crippen LogP contribution in [0.15, 0.2) is 22.8 Å². The van der Waals surface area contributed by atoms with Crippen LogP contribution in [0.3, 0.4) is 0 Å². The van der Waals surface area contributed by atoms with Gasteiger partial charge in [-0.15, -0.1) is 0 Å². The van der Waals surface area contributed by atoms with Crippen LogP contribution in [0.1, 0.15) is 85.0 Å². The van der Waals surface area contributed by atoms with Crippen molar-refractivity contribution in [3.63, 3.8) is 0 Å².